The normalized spacial score (nSPS) is 30.2. The number of amides is 1. The number of Topliss-reactive ketones (excluding diaryl/α,β-unsaturated/α-hetero) is 1. The van der Waals surface area contributed by atoms with Crippen molar-refractivity contribution in [1.82, 2.24) is 4.90 Å². The predicted octanol–water partition coefficient (Wildman–Crippen LogP) is 6.75. The molecular formula is C34H27ClN2O3. The summed E-state index contributed by atoms with van der Waals surface area (Å²) in [6.45, 7) is 0.717. The van der Waals surface area contributed by atoms with Crippen LogP contribution >= 0.6 is 11.6 Å². The molecule has 1 unspecified atom stereocenters. The number of ketones is 1. The SMILES string of the molecule is O=C1c2ccccc2OC(c2ccccc2)[C@]12[C@H](c1ccc(Cl)cc1)[C@H]1CCCN1[C@@]21C(=O)Nc2ccccc21. The molecule has 0 radical (unpaired) electrons. The minimum absolute atomic E-state index is 0.0397. The number of halogens is 1. The number of nitrogens with zero attached hydrogens (tertiary/aromatic N) is 1. The maximum absolute atomic E-state index is 15.5. The lowest BCUT2D eigenvalue weighted by Crippen LogP contribution is -2.63. The van der Waals surface area contributed by atoms with Crippen molar-refractivity contribution < 1.29 is 14.3 Å². The highest BCUT2D eigenvalue weighted by Crippen LogP contribution is 2.73. The van der Waals surface area contributed by atoms with E-state index in [1.807, 2.05) is 103 Å². The Hall–Kier alpha value is -3.93. The second-order valence-corrected chi connectivity index (χ2v) is 11.7. The maximum Gasteiger partial charge on any atom is 0.250 e. The van der Waals surface area contributed by atoms with E-state index in [0.717, 1.165) is 35.2 Å². The molecule has 198 valence electrons. The quantitative estimate of drug-likeness (QED) is 0.302. The van der Waals surface area contributed by atoms with E-state index in [9.17, 15) is 4.79 Å². The molecule has 4 aromatic rings. The van der Waals surface area contributed by atoms with Crippen LogP contribution in [0, 0.1) is 5.41 Å². The molecule has 4 heterocycles. The molecule has 0 aromatic heterocycles. The molecule has 4 aliphatic heterocycles. The molecule has 2 fully saturated rings. The van der Waals surface area contributed by atoms with E-state index in [4.69, 9.17) is 16.3 Å². The topological polar surface area (TPSA) is 58.6 Å². The zero-order chi connectivity index (χ0) is 27.1. The summed E-state index contributed by atoms with van der Waals surface area (Å²) in [5.74, 6) is 0.0182. The second-order valence-electron chi connectivity index (χ2n) is 11.2. The number of fused-ring (bicyclic) bond motifs is 6. The zero-order valence-electron chi connectivity index (χ0n) is 21.7. The summed E-state index contributed by atoms with van der Waals surface area (Å²) in [5.41, 5.74) is 1.44. The van der Waals surface area contributed by atoms with Gasteiger partial charge >= 0.3 is 0 Å². The fourth-order valence-electron chi connectivity index (χ4n) is 8.35. The smallest absolute Gasteiger partial charge is 0.250 e. The first kappa shape index (κ1) is 23.9. The summed E-state index contributed by atoms with van der Waals surface area (Å²) in [5, 5.41) is 3.84. The van der Waals surface area contributed by atoms with Gasteiger partial charge in [-0.05, 0) is 60.8 Å². The number of hydrogen-bond donors (Lipinski definition) is 1. The molecule has 6 heteroatoms. The Morgan fingerprint density at radius 1 is 0.825 bits per heavy atom. The number of carbonyl (C=O) groups excluding carboxylic acids is 2. The average Bonchev–Trinajstić information content (AvgIpc) is 3.64. The van der Waals surface area contributed by atoms with E-state index in [0.29, 0.717) is 22.9 Å². The van der Waals surface area contributed by atoms with Gasteiger partial charge in [-0.15, -0.1) is 0 Å². The van der Waals surface area contributed by atoms with Gasteiger partial charge in [0.2, 0.25) is 0 Å². The minimum atomic E-state index is -1.29. The Balaban J connectivity index is 1.54. The molecule has 2 spiro atoms. The fourth-order valence-corrected chi connectivity index (χ4v) is 8.48. The first-order valence-corrected chi connectivity index (χ1v) is 14.2. The highest BCUT2D eigenvalue weighted by Gasteiger charge is 2.81. The van der Waals surface area contributed by atoms with Crippen molar-refractivity contribution in [2.75, 3.05) is 11.9 Å². The molecule has 4 aliphatic rings. The summed E-state index contributed by atoms with van der Waals surface area (Å²) in [6.07, 6.45) is 1.12. The highest BCUT2D eigenvalue weighted by atomic mass is 35.5. The third-order valence-corrected chi connectivity index (χ3v) is 9.85. The van der Waals surface area contributed by atoms with E-state index >= 15 is 4.79 Å². The van der Waals surface area contributed by atoms with E-state index in [2.05, 4.69) is 10.2 Å². The number of para-hydroxylation sites is 2. The lowest BCUT2D eigenvalue weighted by molar-refractivity contribution is -0.136. The lowest BCUT2D eigenvalue weighted by atomic mass is 9.52. The van der Waals surface area contributed by atoms with Gasteiger partial charge in [0.05, 0.1) is 5.56 Å². The standard InChI is InChI=1S/C34H27ClN2O3/c35-23-18-16-21(17-19-23)29-27-14-8-20-37(27)34(25-12-5-6-13-26(25)36-32(34)39)33(29)30(38)24-11-4-7-15-28(24)40-31(33)22-9-2-1-3-10-22/h1-7,9-13,15-19,27,29,31H,8,14,20H2,(H,36,39)/t27-,29-,31?,33+,34+/m1/s1. The number of benzene rings is 4. The molecule has 1 amide bonds. The van der Waals surface area contributed by atoms with Crippen LogP contribution in [0.15, 0.2) is 103 Å². The predicted molar refractivity (Wildman–Crippen MR) is 154 cm³/mol. The minimum Gasteiger partial charge on any atom is -0.484 e. The van der Waals surface area contributed by atoms with Crippen LogP contribution in [-0.2, 0) is 10.3 Å². The summed E-state index contributed by atoms with van der Waals surface area (Å²) < 4.78 is 6.96. The molecule has 0 bridgehead atoms. The first-order valence-electron chi connectivity index (χ1n) is 13.9. The van der Waals surface area contributed by atoms with Crippen molar-refractivity contribution in [3.8, 4) is 5.75 Å². The van der Waals surface area contributed by atoms with Crippen molar-refractivity contribution >= 4 is 29.0 Å². The lowest BCUT2D eigenvalue weighted by Gasteiger charge is -2.52. The van der Waals surface area contributed by atoms with Crippen LogP contribution in [0.25, 0.3) is 0 Å². The maximum atomic E-state index is 15.5. The third-order valence-electron chi connectivity index (χ3n) is 9.59. The van der Waals surface area contributed by atoms with Gasteiger partial charge in [0.1, 0.15) is 22.8 Å². The van der Waals surface area contributed by atoms with Crippen molar-refractivity contribution in [2.24, 2.45) is 5.41 Å². The second kappa shape index (κ2) is 8.53. The molecule has 40 heavy (non-hydrogen) atoms. The van der Waals surface area contributed by atoms with Crippen LogP contribution in [0.5, 0.6) is 5.75 Å². The molecule has 8 rings (SSSR count). The van der Waals surface area contributed by atoms with Crippen molar-refractivity contribution in [3.05, 3.63) is 130 Å². The number of nitrogens with one attached hydrogen (secondary N) is 1. The molecule has 0 aliphatic carbocycles. The average molecular weight is 547 g/mol. The Morgan fingerprint density at radius 2 is 1.55 bits per heavy atom. The van der Waals surface area contributed by atoms with Crippen molar-refractivity contribution in [2.45, 2.75) is 36.4 Å². The van der Waals surface area contributed by atoms with Crippen LogP contribution in [0.1, 0.15) is 51.9 Å². The fraction of sp³-hybridized carbons (Fsp3) is 0.235. The Labute approximate surface area is 237 Å². The summed E-state index contributed by atoms with van der Waals surface area (Å²) in [6, 6.07) is 33.1. The van der Waals surface area contributed by atoms with E-state index < -0.39 is 17.1 Å². The molecule has 4 aromatic carbocycles. The van der Waals surface area contributed by atoms with Gasteiger partial charge in [0.25, 0.3) is 5.91 Å². The number of hydrogen-bond acceptors (Lipinski definition) is 4. The van der Waals surface area contributed by atoms with Crippen LogP contribution in [0.2, 0.25) is 5.02 Å². The third kappa shape index (κ3) is 2.81. The van der Waals surface area contributed by atoms with Gasteiger partial charge in [-0.25, -0.2) is 0 Å². The summed E-state index contributed by atoms with van der Waals surface area (Å²) in [7, 11) is 0. The van der Waals surface area contributed by atoms with Gasteiger partial charge in [0.15, 0.2) is 5.78 Å². The van der Waals surface area contributed by atoms with Crippen molar-refractivity contribution in [1.29, 1.82) is 0 Å². The number of anilines is 1. The highest BCUT2D eigenvalue weighted by molar-refractivity contribution is 6.30. The van der Waals surface area contributed by atoms with E-state index in [-0.39, 0.29) is 23.7 Å². The Bertz CT molecular complexity index is 1670. The van der Waals surface area contributed by atoms with Crippen LogP contribution in [0.4, 0.5) is 5.69 Å². The monoisotopic (exact) mass is 546 g/mol. The number of carbonyl (C=O) groups is 2. The number of rotatable bonds is 2. The summed E-state index contributed by atoms with van der Waals surface area (Å²) >= 11 is 6.37. The van der Waals surface area contributed by atoms with E-state index in [1.165, 1.54) is 0 Å². The van der Waals surface area contributed by atoms with Gasteiger partial charge < -0.3 is 10.1 Å². The van der Waals surface area contributed by atoms with Crippen LogP contribution < -0.4 is 10.1 Å². The van der Waals surface area contributed by atoms with Gasteiger partial charge in [-0.2, -0.15) is 0 Å². The Kier molecular flexibility index (Phi) is 5.10. The van der Waals surface area contributed by atoms with Gasteiger partial charge in [-0.1, -0.05) is 84.4 Å². The molecule has 5 atom stereocenters. The zero-order valence-corrected chi connectivity index (χ0v) is 22.5. The van der Waals surface area contributed by atoms with Crippen molar-refractivity contribution in [3.63, 3.8) is 0 Å². The Morgan fingerprint density at radius 3 is 2.38 bits per heavy atom. The largest absolute Gasteiger partial charge is 0.484 e. The molecular weight excluding hydrogens is 520 g/mol. The van der Waals surface area contributed by atoms with Gasteiger partial charge in [-0.3, -0.25) is 14.5 Å². The molecule has 2 saturated heterocycles. The van der Waals surface area contributed by atoms with E-state index in [1.54, 1.807) is 0 Å². The number of ether oxygens (including phenoxy) is 1. The molecule has 1 N–H and O–H groups in total. The van der Waals surface area contributed by atoms with Crippen LogP contribution in [0.3, 0.4) is 0 Å². The molecule has 0 saturated carbocycles. The first-order chi connectivity index (χ1) is 19.6. The molecule has 5 nitrogen and oxygen atoms in total. The van der Waals surface area contributed by atoms with Crippen LogP contribution in [-0.4, -0.2) is 29.2 Å². The van der Waals surface area contributed by atoms with Gasteiger partial charge in [0, 0.05) is 28.2 Å². The summed E-state index contributed by atoms with van der Waals surface area (Å²) in [4.78, 5) is 32.6.